The van der Waals surface area contributed by atoms with Crippen LogP contribution in [0.25, 0.3) is 0 Å². The lowest BCUT2D eigenvalue weighted by Gasteiger charge is -2.39. The van der Waals surface area contributed by atoms with Gasteiger partial charge in [-0.1, -0.05) is 20.3 Å². The zero-order valence-electron chi connectivity index (χ0n) is 10.3. The van der Waals surface area contributed by atoms with E-state index in [2.05, 4.69) is 24.5 Å². The fourth-order valence-electron chi connectivity index (χ4n) is 2.87. The molecule has 88 valence electrons. The van der Waals surface area contributed by atoms with E-state index < -0.39 is 0 Å². The lowest BCUT2D eigenvalue weighted by Crippen LogP contribution is -2.49. The summed E-state index contributed by atoms with van der Waals surface area (Å²) in [5.74, 6) is 0.848. The normalized spacial score (nSPS) is 34.8. The highest BCUT2D eigenvalue weighted by Gasteiger charge is 2.31. The van der Waals surface area contributed by atoms with Crippen molar-refractivity contribution in [2.75, 3.05) is 19.6 Å². The van der Waals surface area contributed by atoms with E-state index in [4.69, 9.17) is 0 Å². The lowest BCUT2D eigenvalue weighted by atomic mass is 9.70. The van der Waals surface area contributed by atoms with E-state index in [0.29, 0.717) is 11.5 Å². The van der Waals surface area contributed by atoms with E-state index in [-0.39, 0.29) is 0 Å². The molecule has 0 radical (unpaired) electrons. The Bertz CT molecular complexity index is 199. The van der Waals surface area contributed by atoms with Gasteiger partial charge in [-0.2, -0.15) is 0 Å². The second kappa shape index (κ2) is 4.84. The molecule has 0 amide bonds. The van der Waals surface area contributed by atoms with Gasteiger partial charge in [0, 0.05) is 19.1 Å². The molecular formula is C13H26N2. The molecule has 1 saturated carbocycles. The molecule has 2 rings (SSSR count). The first-order valence-corrected chi connectivity index (χ1v) is 6.64. The first-order valence-electron chi connectivity index (χ1n) is 6.64. The molecule has 0 spiro atoms. The van der Waals surface area contributed by atoms with Gasteiger partial charge < -0.3 is 10.6 Å². The van der Waals surface area contributed by atoms with Crippen LogP contribution in [0.1, 0.15) is 46.0 Å². The SMILES string of the molecule is CC1CCCNC1CNCC1(C)CCC1. The van der Waals surface area contributed by atoms with Crippen LogP contribution in [-0.2, 0) is 0 Å². The molecule has 1 heterocycles. The standard InChI is InChI=1S/C13H26N2/c1-11-5-3-8-15-12(11)9-14-10-13(2)6-4-7-13/h11-12,14-15H,3-10H2,1-2H3. The number of hydrogen-bond donors (Lipinski definition) is 2. The minimum absolute atomic E-state index is 0.623. The maximum absolute atomic E-state index is 3.67. The largest absolute Gasteiger partial charge is 0.315 e. The summed E-state index contributed by atoms with van der Waals surface area (Å²) in [6.07, 6.45) is 7.05. The molecule has 0 aromatic rings. The molecule has 2 nitrogen and oxygen atoms in total. The Morgan fingerprint density at radius 3 is 2.73 bits per heavy atom. The van der Waals surface area contributed by atoms with Crippen molar-refractivity contribution < 1.29 is 0 Å². The van der Waals surface area contributed by atoms with Gasteiger partial charge in [0.2, 0.25) is 0 Å². The topological polar surface area (TPSA) is 24.1 Å². The van der Waals surface area contributed by atoms with E-state index in [1.807, 2.05) is 0 Å². The third-order valence-electron chi connectivity index (χ3n) is 4.41. The monoisotopic (exact) mass is 210 g/mol. The Balaban J connectivity index is 1.64. The Morgan fingerprint density at radius 2 is 2.13 bits per heavy atom. The van der Waals surface area contributed by atoms with Gasteiger partial charge in [0.05, 0.1) is 0 Å². The van der Waals surface area contributed by atoms with Crippen molar-refractivity contribution >= 4 is 0 Å². The average Bonchev–Trinajstić information content (AvgIpc) is 2.18. The van der Waals surface area contributed by atoms with Crippen LogP contribution in [0.2, 0.25) is 0 Å². The van der Waals surface area contributed by atoms with Crippen molar-refractivity contribution in [3.8, 4) is 0 Å². The molecule has 0 aromatic carbocycles. The predicted molar refractivity (Wildman–Crippen MR) is 65.0 cm³/mol. The quantitative estimate of drug-likeness (QED) is 0.743. The summed E-state index contributed by atoms with van der Waals surface area (Å²) in [7, 11) is 0. The van der Waals surface area contributed by atoms with Gasteiger partial charge in [0.1, 0.15) is 0 Å². The summed E-state index contributed by atoms with van der Waals surface area (Å²) in [4.78, 5) is 0. The van der Waals surface area contributed by atoms with Crippen molar-refractivity contribution in [2.45, 2.75) is 52.0 Å². The number of piperidine rings is 1. The van der Waals surface area contributed by atoms with E-state index in [0.717, 1.165) is 12.5 Å². The Hall–Kier alpha value is -0.0800. The summed E-state index contributed by atoms with van der Waals surface area (Å²) >= 11 is 0. The van der Waals surface area contributed by atoms with Crippen LogP contribution in [0.3, 0.4) is 0 Å². The third-order valence-corrected chi connectivity index (χ3v) is 4.41. The zero-order valence-corrected chi connectivity index (χ0v) is 10.3. The molecule has 1 aliphatic heterocycles. The van der Waals surface area contributed by atoms with E-state index in [9.17, 15) is 0 Å². The molecule has 2 heteroatoms. The van der Waals surface area contributed by atoms with E-state index >= 15 is 0 Å². The number of nitrogens with one attached hydrogen (secondary N) is 2. The van der Waals surface area contributed by atoms with Crippen LogP contribution in [-0.4, -0.2) is 25.7 Å². The van der Waals surface area contributed by atoms with Gasteiger partial charge in [-0.25, -0.2) is 0 Å². The van der Waals surface area contributed by atoms with Gasteiger partial charge >= 0.3 is 0 Å². The molecule has 2 fully saturated rings. The first kappa shape index (κ1) is 11.4. The highest BCUT2D eigenvalue weighted by atomic mass is 15.0. The minimum Gasteiger partial charge on any atom is -0.315 e. The second-order valence-corrected chi connectivity index (χ2v) is 5.98. The van der Waals surface area contributed by atoms with Crippen LogP contribution in [0.4, 0.5) is 0 Å². The highest BCUT2D eigenvalue weighted by molar-refractivity contribution is 4.87. The van der Waals surface area contributed by atoms with Gasteiger partial charge in [-0.15, -0.1) is 0 Å². The van der Waals surface area contributed by atoms with Crippen LogP contribution in [0, 0.1) is 11.3 Å². The Kier molecular flexibility index (Phi) is 3.68. The molecule has 2 aliphatic rings. The third kappa shape index (κ3) is 2.94. The second-order valence-electron chi connectivity index (χ2n) is 5.98. The van der Waals surface area contributed by atoms with Crippen molar-refractivity contribution in [2.24, 2.45) is 11.3 Å². The van der Waals surface area contributed by atoms with E-state index in [1.165, 1.54) is 45.2 Å². The maximum Gasteiger partial charge on any atom is 0.0218 e. The molecule has 2 unspecified atom stereocenters. The van der Waals surface area contributed by atoms with Crippen LogP contribution >= 0.6 is 0 Å². The van der Waals surface area contributed by atoms with E-state index in [1.54, 1.807) is 0 Å². The molecular weight excluding hydrogens is 184 g/mol. The van der Waals surface area contributed by atoms with Gasteiger partial charge in [-0.05, 0) is 43.6 Å². The molecule has 2 atom stereocenters. The van der Waals surface area contributed by atoms with Crippen molar-refractivity contribution in [3.63, 3.8) is 0 Å². The summed E-state index contributed by atoms with van der Waals surface area (Å²) in [5.41, 5.74) is 0.623. The lowest BCUT2D eigenvalue weighted by molar-refractivity contribution is 0.152. The smallest absolute Gasteiger partial charge is 0.0218 e. The molecule has 0 aromatic heterocycles. The molecule has 1 aliphatic carbocycles. The van der Waals surface area contributed by atoms with Crippen LogP contribution < -0.4 is 10.6 Å². The predicted octanol–water partition coefficient (Wildman–Crippen LogP) is 2.15. The minimum atomic E-state index is 0.623. The average molecular weight is 210 g/mol. The molecule has 2 N–H and O–H groups in total. The van der Waals surface area contributed by atoms with Gasteiger partial charge in [-0.3, -0.25) is 0 Å². The fourth-order valence-corrected chi connectivity index (χ4v) is 2.87. The molecule has 0 bridgehead atoms. The fraction of sp³-hybridized carbons (Fsp3) is 1.00. The molecule has 1 saturated heterocycles. The van der Waals surface area contributed by atoms with Crippen molar-refractivity contribution in [1.29, 1.82) is 0 Å². The first-order chi connectivity index (χ1) is 7.20. The summed E-state index contributed by atoms with van der Waals surface area (Å²) in [6, 6.07) is 0.711. The highest BCUT2D eigenvalue weighted by Crippen LogP contribution is 2.39. The van der Waals surface area contributed by atoms with Gasteiger partial charge in [0.15, 0.2) is 0 Å². The molecule has 15 heavy (non-hydrogen) atoms. The van der Waals surface area contributed by atoms with Gasteiger partial charge in [0.25, 0.3) is 0 Å². The maximum atomic E-state index is 3.67. The van der Waals surface area contributed by atoms with Crippen molar-refractivity contribution in [1.82, 2.24) is 10.6 Å². The summed E-state index contributed by atoms with van der Waals surface area (Å²) < 4.78 is 0. The summed E-state index contributed by atoms with van der Waals surface area (Å²) in [6.45, 7) is 8.40. The van der Waals surface area contributed by atoms with Crippen LogP contribution in [0.5, 0.6) is 0 Å². The Labute approximate surface area is 94.2 Å². The Morgan fingerprint density at radius 1 is 1.33 bits per heavy atom. The van der Waals surface area contributed by atoms with Crippen LogP contribution in [0.15, 0.2) is 0 Å². The number of hydrogen-bond acceptors (Lipinski definition) is 2. The number of rotatable bonds is 4. The zero-order chi connectivity index (χ0) is 10.7. The summed E-state index contributed by atoms with van der Waals surface area (Å²) in [5, 5.41) is 7.29. The van der Waals surface area contributed by atoms with Crippen molar-refractivity contribution in [3.05, 3.63) is 0 Å².